The van der Waals surface area contributed by atoms with Gasteiger partial charge in [0, 0.05) is 10.7 Å². The number of methoxy groups -OCH3 is 1. The van der Waals surface area contributed by atoms with Crippen molar-refractivity contribution in [2.45, 2.75) is 0 Å². The number of ether oxygens (including phenoxy) is 2. The van der Waals surface area contributed by atoms with Crippen molar-refractivity contribution in [2.24, 2.45) is 0 Å². The van der Waals surface area contributed by atoms with Crippen molar-refractivity contribution in [3.63, 3.8) is 0 Å². The number of halogens is 1. The van der Waals surface area contributed by atoms with Crippen LogP contribution in [0.15, 0.2) is 36.4 Å². The molecule has 1 aliphatic rings. The predicted octanol–water partition coefficient (Wildman–Crippen LogP) is 2.77. The van der Waals surface area contributed by atoms with Crippen molar-refractivity contribution in [3.8, 4) is 11.5 Å². The van der Waals surface area contributed by atoms with Gasteiger partial charge in [0.1, 0.15) is 18.1 Å². The number of carbonyl (C=O) groups is 1. The standard InChI is InChI=1S/C17H18ClN3O3/c1-23-15-4-2-11(18)8-13(15)20-17(22)10-21-6-7-24-16-5-3-12(19)9-14(16)21/h2-5,8-9H,6-7,10,19H2,1H3,(H,20,22). The Labute approximate surface area is 145 Å². The van der Waals surface area contributed by atoms with Crippen molar-refractivity contribution in [2.75, 3.05) is 42.8 Å². The average molecular weight is 348 g/mol. The van der Waals surface area contributed by atoms with Gasteiger partial charge in [-0.1, -0.05) is 11.6 Å². The molecule has 1 amide bonds. The number of nitrogens with two attached hydrogens (primary N) is 1. The second-order valence-electron chi connectivity index (χ2n) is 5.39. The van der Waals surface area contributed by atoms with Gasteiger partial charge in [-0.3, -0.25) is 4.79 Å². The van der Waals surface area contributed by atoms with E-state index in [0.717, 1.165) is 11.4 Å². The molecule has 0 saturated carbocycles. The van der Waals surface area contributed by atoms with E-state index in [-0.39, 0.29) is 12.5 Å². The summed E-state index contributed by atoms with van der Waals surface area (Å²) in [6.45, 7) is 1.30. The molecule has 0 radical (unpaired) electrons. The molecule has 2 aromatic rings. The molecule has 0 atom stereocenters. The molecule has 24 heavy (non-hydrogen) atoms. The van der Waals surface area contributed by atoms with Crippen molar-refractivity contribution < 1.29 is 14.3 Å². The van der Waals surface area contributed by atoms with Gasteiger partial charge in [-0.05, 0) is 36.4 Å². The van der Waals surface area contributed by atoms with Crippen LogP contribution in [0.25, 0.3) is 0 Å². The fraction of sp³-hybridized carbons (Fsp3) is 0.235. The van der Waals surface area contributed by atoms with Gasteiger partial charge in [0.25, 0.3) is 0 Å². The number of benzene rings is 2. The minimum Gasteiger partial charge on any atom is -0.495 e. The summed E-state index contributed by atoms with van der Waals surface area (Å²) in [5.74, 6) is 1.11. The van der Waals surface area contributed by atoms with Crippen LogP contribution in [0.5, 0.6) is 11.5 Å². The molecular formula is C17H18ClN3O3. The second kappa shape index (κ2) is 6.88. The minimum absolute atomic E-state index is 0.175. The summed E-state index contributed by atoms with van der Waals surface area (Å²) >= 11 is 5.99. The van der Waals surface area contributed by atoms with Crippen LogP contribution in [0.1, 0.15) is 0 Å². The maximum Gasteiger partial charge on any atom is 0.243 e. The van der Waals surface area contributed by atoms with Crippen LogP contribution in [0.2, 0.25) is 5.02 Å². The van der Waals surface area contributed by atoms with Gasteiger partial charge in [-0.2, -0.15) is 0 Å². The molecule has 1 heterocycles. The molecule has 0 aromatic heterocycles. The van der Waals surface area contributed by atoms with E-state index in [9.17, 15) is 4.79 Å². The van der Waals surface area contributed by atoms with Crippen LogP contribution in [-0.4, -0.2) is 32.7 Å². The van der Waals surface area contributed by atoms with Gasteiger partial charge >= 0.3 is 0 Å². The summed E-state index contributed by atoms with van der Waals surface area (Å²) < 4.78 is 10.8. The Bertz CT molecular complexity index is 767. The number of hydrogen-bond acceptors (Lipinski definition) is 5. The first-order valence-electron chi connectivity index (χ1n) is 7.47. The molecule has 1 aliphatic heterocycles. The molecule has 0 bridgehead atoms. The Kier molecular flexibility index (Phi) is 4.66. The molecule has 7 heteroatoms. The second-order valence-corrected chi connectivity index (χ2v) is 5.83. The summed E-state index contributed by atoms with van der Waals surface area (Å²) in [5, 5.41) is 3.36. The summed E-state index contributed by atoms with van der Waals surface area (Å²) in [7, 11) is 1.54. The van der Waals surface area contributed by atoms with Crippen LogP contribution in [0.3, 0.4) is 0 Å². The maximum atomic E-state index is 12.4. The predicted molar refractivity (Wildman–Crippen MR) is 95.2 cm³/mol. The Morgan fingerprint density at radius 3 is 3.00 bits per heavy atom. The number of anilines is 3. The van der Waals surface area contributed by atoms with E-state index in [4.69, 9.17) is 26.8 Å². The quantitative estimate of drug-likeness (QED) is 0.832. The molecule has 0 spiro atoms. The molecule has 2 aromatic carbocycles. The highest BCUT2D eigenvalue weighted by atomic mass is 35.5. The normalized spacial score (nSPS) is 13.0. The summed E-state index contributed by atoms with van der Waals surface area (Å²) in [5.41, 5.74) is 7.82. The Hall–Kier alpha value is -2.60. The first-order chi connectivity index (χ1) is 11.6. The molecule has 3 N–H and O–H groups in total. The maximum absolute atomic E-state index is 12.4. The molecule has 0 fully saturated rings. The minimum atomic E-state index is -0.175. The summed E-state index contributed by atoms with van der Waals surface area (Å²) in [6.07, 6.45) is 0. The largest absolute Gasteiger partial charge is 0.495 e. The van der Waals surface area contributed by atoms with Gasteiger partial charge in [-0.25, -0.2) is 0 Å². The van der Waals surface area contributed by atoms with Gasteiger partial charge in [0.05, 0.1) is 31.6 Å². The van der Waals surface area contributed by atoms with E-state index in [2.05, 4.69) is 5.32 Å². The van der Waals surface area contributed by atoms with Crippen LogP contribution in [0, 0.1) is 0 Å². The number of hydrogen-bond donors (Lipinski definition) is 2. The lowest BCUT2D eigenvalue weighted by molar-refractivity contribution is -0.115. The first-order valence-corrected chi connectivity index (χ1v) is 7.85. The number of nitrogens with zero attached hydrogens (tertiary/aromatic N) is 1. The van der Waals surface area contributed by atoms with Crippen LogP contribution in [0.4, 0.5) is 17.1 Å². The first kappa shape index (κ1) is 16.3. The number of nitrogen functional groups attached to an aromatic ring is 1. The molecule has 0 unspecified atom stereocenters. The van der Waals surface area contributed by atoms with Crippen molar-refractivity contribution >= 4 is 34.6 Å². The lowest BCUT2D eigenvalue weighted by Crippen LogP contribution is -2.38. The van der Waals surface area contributed by atoms with E-state index in [0.29, 0.717) is 35.3 Å². The van der Waals surface area contributed by atoms with Gasteiger partial charge in [0.15, 0.2) is 0 Å². The number of amides is 1. The molecule has 6 nitrogen and oxygen atoms in total. The zero-order chi connectivity index (χ0) is 17.1. The SMILES string of the molecule is COc1ccc(Cl)cc1NC(=O)CN1CCOc2ccc(N)cc21. The average Bonchev–Trinajstić information content (AvgIpc) is 2.55. The van der Waals surface area contributed by atoms with E-state index in [1.807, 2.05) is 17.0 Å². The number of rotatable bonds is 4. The monoisotopic (exact) mass is 347 g/mol. The fourth-order valence-corrected chi connectivity index (χ4v) is 2.77. The lowest BCUT2D eigenvalue weighted by Gasteiger charge is -2.31. The third kappa shape index (κ3) is 3.49. The molecular weight excluding hydrogens is 330 g/mol. The number of nitrogens with one attached hydrogen (secondary N) is 1. The highest BCUT2D eigenvalue weighted by Crippen LogP contribution is 2.33. The number of fused-ring (bicyclic) bond motifs is 1. The van der Waals surface area contributed by atoms with Crippen molar-refractivity contribution in [1.82, 2.24) is 0 Å². The molecule has 0 aliphatic carbocycles. The highest BCUT2D eigenvalue weighted by Gasteiger charge is 2.21. The Balaban J connectivity index is 1.75. The van der Waals surface area contributed by atoms with E-state index in [1.165, 1.54) is 0 Å². The van der Waals surface area contributed by atoms with Crippen LogP contribution >= 0.6 is 11.6 Å². The van der Waals surface area contributed by atoms with Crippen molar-refractivity contribution in [3.05, 3.63) is 41.4 Å². The van der Waals surface area contributed by atoms with Gasteiger partial charge < -0.3 is 25.4 Å². The van der Waals surface area contributed by atoms with Gasteiger partial charge in [-0.15, -0.1) is 0 Å². The fourth-order valence-electron chi connectivity index (χ4n) is 2.60. The van der Waals surface area contributed by atoms with E-state index >= 15 is 0 Å². The summed E-state index contributed by atoms with van der Waals surface area (Å²) in [4.78, 5) is 14.4. The number of carbonyl (C=O) groups excluding carboxylic acids is 1. The Morgan fingerprint density at radius 2 is 2.21 bits per heavy atom. The molecule has 126 valence electrons. The topological polar surface area (TPSA) is 76.8 Å². The van der Waals surface area contributed by atoms with Crippen LogP contribution < -0.4 is 25.4 Å². The molecule has 0 saturated heterocycles. The molecule has 3 rings (SSSR count). The third-order valence-electron chi connectivity index (χ3n) is 3.71. The van der Waals surface area contributed by atoms with Gasteiger partial charge in [0.2, 0.25) is 5.91 Å². The Morgan fingerprint density at radius 1 is 1.38 bits per heavy atom. The van der Waals surface area contributed by atoms with Crippen molar-refractivity contribution in [1.29, 1.82) is 0 Å². The van der Waals surface area contributed by atoms with Crippen LogP contribution in [-0.2, 0) is 4.79 Å². The smallest absolute Gasteiger partial charge is 0.243 e. The van der Waals surface area contributed by atoms with E-state index < -0.39 is 0 Å². The third-order valence-corrected chi connectivity index (χ3v) is 3.95. The zero-order valence-corrected chi connectivity index (χ0v) is 14.0. The van der Waals surface area contributed by atoms with E-state index in [1.54, 1.807) is 31.4 Å². The lowest BCUT2D eigenvalue weighted by atomic mass is 10.2. The highest BCUT2D eigenvalue weighted by molar-refractivity contribution is 6.31. The summed E-state index contributed by atoms with van der Waals surface area (Å²) in [6, 6.07) is 10.5. The zero-order valence-electron chi connectivity index (χ0n) is 13.2.